The maximum Gasteiger partial charge on any atom is 0.411 e. The first-order chi connectivity index (χ1) is 14.4. The van der Waals surface area contributed by atoms with Crippen LogP contribution in [0.3, 0.4) is 0 Å². The second-order valence-electron chi connectivity index (χ2n) is 6.25. The predicted octanol–water partition coefficient (Wildman–Crippen LogP) is 2.75. The number of carboxylic acids is 2. The van der Waals surface area contributed by atoms with E-state index >= 15 is 0 Å². The summed E-state index contributed by atoms with van der Waals surface area (Å²) in [6.45, 7) is 5.29. The normalized spacial score (nSPS) is 13.8. The van der Waals surface area contributed by atoms with E-state index in [1.54, 1.807) is 6.92 Å². The molecule has 0 bridgehead atoms. The number of esters is 2. The van der Waals surface area contributed by atoms with Gasteiger partial charge in [0.25, 0.3) is 0 Å². The van der Waals surface area contributed by atoms with Crippen LogP contribution in [0.15, 0.2) is 0 Å². The quantitative estimate of drug-likeness (QED) is 0.315. The van der Waals surface area contributed by atoms with E-state index in [1.807, 2.05) is 6.92 Å². The first kappa shape index (κ1) is 31.6. The van der Waals surface area contributed by atoms with Crippen molar-refractivity contribution >= 4 is 23.9 Å². The third-order valence-electron chi connectivity index (χ3n) is 3.55. The SMILES string of the molecule is CCC(C)OC(=O)C(F)(F)C(F)(F)C(F)(F)C(=O)O.CCC(C)OC(=O)COCC(=O)O. The molecule has 0 aliphatic rings. The molecule has 0 saturated heterocycles. The van der Waals surface area contributed by atoms with Crippen molar-refractivity contribution in [3.63, 3.8) is 0 Å². The summed E-state index contributed by atoms with van der Waals surface area (Å²) >= 11 is 0. The van der Waals surface area contributed by atoms with E-state index in [2.05, 4.69) is 9.47 Å². The Morgan fingerprint density at radius 1 is 0.781 bits per heavy atom. The lowest BCUT2D eigenvalue weighted by Crippen LogP contribution is -2.61. The van der Waals surface area contributed by atoms with Crippen LogP contribution in [0, 0.1) is 0 Å². The number of carboxylic acid groups (broad SMARTS) is 2. The molecule has 2 unspecified atom stereocenters. The fraction of sp³-hybridized carbons (Fsp3) is 0.765. The molecule has 9 nitrogen and oxygen atoms in total. The Morgan fingerprint density at radius 3 is 1.59 bits per heavy atom. The Balaban J connectivity index is 0. The van der Waals surface area contributed by atoms with Crippen LogP contribution in [0.1, 0.15) is 40.5 Å². The lowest BCUT2D eigenvalue weighted by Gasteiger charge is -2.29. The van der Waals surface area contributed by atoms with Crippen molar-refractivity contribution in [3.8, 4) is 0 Å². The minimum atomic E-state index is -6.42. The highest BCUT2D eigenvalue weighted by Crippen LogP contribution is 2.46. The smallest absolute Gasteiger partial charge is 0.411 e. The molecule has 2 atom stereocenters. The molecule has 0 heterocycles. The maximum atomic E-state index is 13.0. The molecule has 0 spiro atoms. The molecule has 0 aromatic carbocycles. The molecule has 0 saturated carbocycles. The number of carbonyl (C=O) groups excluding carboxylic acids is 2. The zero-order chi connectivity index (χ0) is 25.9. The van der Waals surface area contributed by atoms with Gasteiger partial charge < -0.3 is 24.4 Å². The van der Waals surface area contributed by atoms with Crippen molar-refractivity contribution in [2.45, 2.75) is 70.5 Å². The van der Waals surface area contributed by atoms with E-state index < -0.39 is 54.4 Å². The predicted molar refractivity (Wildman–Crippen MR) is 92.6 cm³/mol. The second kappa shape index (κ2) is 13.1. The van der Waals surface area contributed by atoms with E-state index in [-0.39, 0.29) is 19.1 Å². The van der Waals surface area contributed by atoms with Crippen molar-refractivity contribution in [1.29, 1.82) is 0 Å². The van der Waals surface area contributed by atoms with Gasteiger partial charge in [0.15, 0.2) is 0 Å². The second-order valence-corrected chi connectivity index (χ2v) is 6.25. The van der Waals surface area contributed by atoms with Crippen LogP contribution in [0.2, 0.25) is 0 Å². The summed E-state index contributed by atoms with van der Waals surface area (Å²) in [5.41, 5.74) is 0. The molecule has 188 valence electrons. The summed E-state index contributed by atoms with van der Waals surface area (Å²) in [5, 5.41) is 16.0. The van der Waals surface area contributed by atoms with Gasteiger partial charge in [-0.25, -0.2) is 19.2 Å². The highest BCUT2D eigenvalue weighted by atomic mass is 19.3. The Kier molecular flexibility index (Phi) is 12.9. The van der Waals surface area contributed by atoms with Gasteiger partial charge in [0.05, 0.1) is 12.2 Å². The fourth-order valence-corrected chi connectivity index (χ4v) is 1.36. The van der Waals surface area contributed by atoms with Gasteiger partial charge in [-0.15, -0.1) is 0 Å². The summed E-state index contributed by atoms with van der Waals surface area (Å²) in [4.78, 5) is 41.5. The highest BCUT2D eigenvalue weighted by Gasteiger charge is 2.79. The highest BCUT2D eigenvalue weighted by molar-refractivity contribution is 5.83. The number of carbonyl (C=O) groups is 4. The van der Waals surface area contributed by atoms with Crippen LogP contribution in [0.4, 0.5) is 26.3 Å². The molecule has 15 heteroatoms. The third-order valence-corrected chi connectivity index (χ3v) is 3.55. The summed E-state index contributed by atoms with van der Waals surface area (Å²) in [7, 11) is 0. The van der Waals surface area contributed by atoms with Crippen LogP contribution in [-0.2, 0) is 33.4 Å². The number of rotatable bonds is 12. The van der Waals surface area contributed by atoms with Crippen molar-refractivity contribution in [1.82, 2.24) is 0 Å². The first-order valence-corrected chi connectivity index (χ1v) is 8.95. The van der Waals surface area contributed by atoms with Crippen LogP contribution >= 0.6 is 0 Å². The van der Waals surface area contributed by atoms with Gasteiger partial charge in [0.2, 0.25) is 0 Å². The molecule has 0 radical (unpaired) electrons. The van der Waals surface area contributed by atoms with E-state index in [0.717, 1.165) is 13.3 Å². The molecule has 2 N–H and O–H groups in total. The summed E-state index contributed by atoms with van der Waals surface area (Å²) in [6, 6.07) is 0. The fourth-order valence-electron chi connectivity index (χ4n) is 1.36. The van der Waals surface area contributed by atoms with Crippen molar-refractivity contribution in [2.24, 2.45) is 0 Å². The molecule has 32 heavy (non-hydrogen) atoms. The molecule has 0 aromatic rings. The van der Waals surface area contributed by atoms with Gasteiger partial charge in [-0.3, -0.25) is 0 Å². The standard InChI is InChI=1S/C9H10F6O4.C8H14O5/c1-3-4(2)19-6(18)8(12,13)9(14,15)7(10,11)5(16)17;1-3-6(2)13-8(11)5-12-4-7(9)10/h4H,3H2,1-2H3,(H,16,17);6H,3-5H2,1-2H3,(H,9,10). The molecule has 0 aliphatic carbocycles. The molecule has 0 aromatic heterocycles. The minimum Gasteiger partial charge on any atom is -0.480 e. The molecular weight excluding hydrogens is 462 g/mol. The van der Waals surface area contributed by atoms with Crippen molar-refractivity contribution < 1.29 is 69.9 Å². The monoisotopic (exact) mass is 486 g/mol. The topological polar surface area (TPSA) is 136 Å². The Hall–Kier alpha value is -2.58. The molecule has 0 rings (SSSR count). The molecule has 0 amide bonds. The Labute approximate surface area is 178 Å². The van der Waals surface area contributed by atoms with Gasteiger partial charge in [-0.1, -0.05) is 13.8 Å². The number of ether oxygens (including phenoxy) is 3. The summed E-state index contributed by atoms with van der Waals surface area (Å²) in [5.74, 6) is -26.5. The molecule has 0 aliphatic heterocycles. The third kappa shape index (κ3) is 9.28. The van der Waals surface area contributed by atoms with Gasteiger partial charge >= 0.3 is 41.6 Å². The number of aliphatic carboxylic acids is 2. The Morgan fingerprint density at radius 2 is 1.22 bits per heavy atom. The molecule has 0 fully saturated rings. The summed E-state index contributed by atoms with van der Waals surface area (Å²) in [6.07, 6.45) is -0.665. The van der Waals surface area contributed by atoms with E-state index in [0.29, 0.717) is 0 Å². The maximum absolute atomic E-state index is 13.0. The zero-order valence-electron chi connectivity index (χ0n) is 17.5. The largest absolute Gasteiger partial charge is 0.480 e. The number of hydrogen-bond acceptors (Lipinski definition) is 7. The first-order valence-electron chi connectivity index (χ1n) is 8.95. The van der Waals surface area contributed by atoms with Crippen LogP contribution in [0.5, 0.6) is 0 Å². The van der Waals surface area contributed by atoms with E-state index in [9.17, 15) is 45.5 Å². The summed E-state index contributed by atoms with van der Waals surface area (Å²) < 4.78 is 90.0. The van der Waals surface area contributed by atoms with E-state index in [1.165, 1.54) is 6.92 Å². The lowest BCUT2D eigenvalue weighted by molar-refractivity contribution is -0.300. The van der Waals surface area contributed by atoms with Gasteiger partial charge in [0.1, 0.15) is 13.2 Å². The van der Waals surface area contributed by atoms with Crippen LogP contribution < -0.4 is 0 Å². The number of halogens is 6. The number of hydrogen-bond donors (Lipinski definition) is 2. The average Bonchev–Trinajstić information content (AvgIpc) is 2.67. The van der Waals surface area contributed by atoms with Crippen molar-refractivity contribution in [2.75, 3.05) is 13.2 Å². The van der Waals surface area contributed by atoms with Crippen LogP contribution in [-0.4, -0.2) is 77.3 Å². The van der Waals surface area contributed by atoms with Crippen molar-refractivity contribution in [3.05, 3.63) is 0 Å². The van der Waals surface area contributed by atoms with Gasteiger partial charge in [-0.05, 0) is 26.7 Å². The van der Waals surface area contributed by atoms with Crippen LogP contribution in [0.25, 0.3) is 0 Å². The number of alkyl halides is 6. The average molecular weight is 486 g/mol. The minimum absolute atomic E-state index is 0.0251. The zero-order valence-corrected chi connectivity index (χ0v) is 17.5. The Bertz CT molecular complexity index is 654. The van der Waals surface area contributed by atoms with E-state index in [4.69, 9.17) is 14.9 Å². The lowest BCUT2D eigenvalue weighted by atomic mass is 10.0. The van der Waals surface area contributed by atoms with Gasteiger partial charge in [-0.2, -0.15) is 26.3 Å². The molecular formula is C17H24F6O9. The van der Waals surface area contributed by atoms with Gasteiger partial charge in [0, 0.05) is 0 Å².